The van der Waals surface area contributed by atoms with E-state index in [0.29, 0.717) is 17.2 Å². The summed E-state index contributed by atoms with van der Waals surface area (Å²) in [6.45, 7) is 1.85. The van der Waals surface area contributed by atoms with Crippen molar-refractivity contribution >= 4 is 34.7 Å². The molecule has 1 amide bonds. The van der Waals surface area contributed by atoms with Gasteiger partial charge in [-0.1, -0.05) is 17.7 Å². The zero-order valence-electron chi connectivity index (χ0n) is 17.7. The molecular weight excluding hydrogens is 467 g/mol. The van der Waals surface area contributed by atoms with Crippen LogP contribution in [-0.2, 0) is 6.18 Å². The van der Waals surface area contributed by atoms with Gasteiger partial charge in [-0.3, -0.25) is 4.79 Å². The lowest BCUT2D eigenvalue weighted by molar-refractivity contribution is -0.137. The molecule has 34 heavy (non-hydrogen) atoms. The van der Waals surface area contributed by atoms with Crippen LogP contribution in [-0.4, -0.2) is 20.9 Å². The smallest absolute Gasteiger partial charge is 0.339 e. The molecule has 0 saturated heterocycles. The average Bonchev–Trinajstić information content (AvgIpc) is 2.82. The fourth-order valence-electron chi connectivity index (χ4n) is 3.21. The number of alkyl halides is 3. The summed E-state index contributed by atoms with van der Waals surface area (Å²) in [6.07, 6.45) is 0.0418. The number of benzene rings is 2. The molecule has 4 aromatic rings. The monoisotopic (exact) mass is 483 g/mol. The number of aryl methyl sites for hydroxylation is 1. The first-order chi connectivity index (χ1) is 16.2. The van der Waals surface area contributed by atoms with Crippen LogP contribution in [0.25, 0.3) is 11.3 Å². The zero-order valence-corrected chi connectivity index (χ0v) is 18.4. The van der Waals surface area contributed by atoms with Gasteiger partial charge in [-0.25, -0.2) is 15.0 Å². The van der Waals surface area contributed by atoms with E-state index >= 15 is 0 Å². The third-order valence-electron chi connectivity index (χ3n) is 4.95. The van der Waals surface area contributed by atoms with E-state index in [-0.39, 0.29) is 11.3 Å². The van der Waals surface area contributed by atoms with E-state index in [2.05, 4.69) is 25.6 Å². The highest BCUT2D eigenvalue weighted by molar-refractivity contribution is 6.31. The Morgan fingerprint density at radius 1 is 1.00 bits per heavy atom. The number of hydrogen-bond acceptors (Lipinski definition) is 5. The van der Waals surface area contributed by atoms with E-state index in [1.54, 1.807) is 42.7 Å². The number of pyridine rings is 1. The molecule has 2 heterocycles. The van der Waals surface area contributed by atoms with Crippen LogP contribution in [0.5, 0.6) is 0 Å². The van der Waals surface area contributed by atoms with Crippen molar-refractivity contribution in [1.29, 1.82) is 0 Å². The van der Waals surface area contributed by atoms with Gasteiger partial charge in [0.25, 0.3) is 5.91 Å². The number of rotatable bonds is 5. The van der Waals surface area contributed by atoms with E-state index in [1.807, 2.05) is 13.0 Å². The maximum absolute atomic E-state index is 13.1. The predicted molar refractivity (Wildman–Crippen MR) is 124 cm³/mol. The van der Waals surface area contributed by atoms with E-state index in [1.165, 1.54) is 12.4 Å². The maximum atomic E-state index is 13.1. The number of nitrogens with one attached hydrogen (secondary N) is 2. The van der Waals surface area contributed by atoms with Crippen molar-refractivity contribution < 1.29 is 18.0 Å². The van der Waals surface area contributed by atoms with Crippen molar-refractivity contribution in [1.82, 2.24) is 15.0 Å². The van der Waals surface area contributed by atoms with Gasteiger partial charge in [0.15, 0.2) is 0 Å². The molecule has 0 unspecified atom stereocenters. The molecule has 2 N–H and O–H groups in total. The fraction of sp³-hybridized carbons (Fsp3) is 0.0833. The SMILES string of the molecule is Cc1ccc(C(=O)Nc2ccc(Cl)c(C(F)(F)F)c2)cc1Nc1ncccc1-c1ccncn1. The van der Waals surface area contributed by atoms with Gasteiger partial charge in [0.2, 0.25) is 0 Å². The Bertz CT molecular complexity index is 1350. The molecule has 0 aliphatic carbocycles. The predicted octanol–water partition coefficient (Wildman–Crippen LogP) is 6.52. The van der Waals surface area contributed by atoms with E-state index < -0.39 is 22.7 Å². The summed E-state index contributed by atoms with van der Waals surface area (Å²) >= 11 is 5.65. The van der Waals surface area contributed by atoms with Crippen molar-refractivity contribution in [2.24, 2.45) is 0 Å². The number of carbonyl (C=O) groups excluding carboxylic acids is 1. The number of anilines is 3. The maximum Gasteiger partial charge on any atom is 0.417 e. The highest BCUT2D eigenvalue weighted by Crippen LogP contribution is 2.36. The molecule has 0 spiro atoms. The van der Waals surface area contributed by atoms with Crippen LogP contribution in [0, 0.1) is 6.92 Å². The summed E-state index contributed by atoms with van der Waals surface area (Å²) in [7, 11) is 0. The lowest BCUT2D eigenvalue weighted by Crippen LogP contribution is -2.14. The number of aromatic nitrogens is 3. The first-order valence-corrected chi connectivity index (χ1v) is 10.4. The van der Waals surface area contributed by atoms with Crippen LogP contribution < -0.4 is 10.6 Å². The highest BCUT2D eigenvalue weighted by atomic mass is 35.5. The number of hydrogen-bond donors (Lipinski definition) is 2. The molecule has 0 atom stereocenters. The quantitative estimate of drug-likeness (QED) is 0.338. The molecule has 0 saturated carbocycles. The molecule has 10 heteroatoms. The molecule has 0 bridgehead atoms. The van der Waals surface area contributed by atoms with E-state index in [0.717, 1.165) is 23.3 Å². The first-order valence-electron chi connectivity index (χ1n) is 9.99. The largest absolute Gasteiger partial charge is 0.417 e. The molecule has 0 aliphatic rings. The second kappa shape index (κ2) is 9.48. The van der Waals surface area contributed by atoms with Crippen LogP contribution in [0.4, 0.5) is 30.4 Å². The molecule has 2 aromatic heterocycles. The van der Waals surface area contributed by atoms with Crippen LogP contribution in [0.3, 0.4) is 0 Å². The van der Waals surface area contributed by atoms with Crippen molar-refractivity contribution in [3.63, 3.8) is 0 Å². The van der Waals surface area contributed by atoms with Gasteiger partial charge < -0.3 is 10.6 Å². The van der Waals surface area contributed by atoms with Crippen molar-refractivity contribution in [2.75, 3.05) is 10.6 Å². The second-order valence-electron chi connectivity index (χ2n) is 7.30. The molecule has 172 valence electrons. The van der Waals surface area contributed by atoms with Crippen molar-refractivity contribution in [3.05, 3.63) is 95.0 Å². The third kappa shape index (κ3) is 5.15. The summed E-state index contributed by atoms with van der Waals surface area (Å²) in [5, 5.41) is 5.26. The molecule has 0 fully saturated rings. The van der Waals surface area contributed by atoms with Gasteiger partial charge >= 0.3 is 6.18 Å². The third-order valence-corrected chi connectivity index (χ3v) is 5.28. The van der Waals surface area contributed by atoms with Gasteiger partial charge in [-0.2, -0.15) is 13.2 Å². The summed E-state index contributed by atoms with van der Waals surface area (Å²) in [5.74, 6) is -0.0510. The Morgan fingerprint density at radius 3 is 2.56 bits per heavy atom. The normalized spacial score (nSPS) is 11.2. The molecule has 0 radical (unpaired) electrons. The number of carbonyl (C=O) groups is 1. The molecular formula is C24H17ClF3N5O. The van der Waals surface area contributed by atoms with Gasteiger partial charge in [-0.15, -0.1) is 0 Å². The Labute approximate surface area is 197 Å². The standard InChI is InChI=1S/C24H17ClF3N5O/c1-14-4-5-15(23(34)32-16-6-7-19(25)18(12-16)24(26,27)28)11-21(14)33-22-17(3-2-9-30-22)20-8-10-29-13-31-20/h2-13H,1H3,(H,30,33)(H,32,34). The summed E-state index contributed by atoms with van der Waals surface area (Å²) in [6, 6.07) is 13.5. The van der Waals surface area contributed by atoms with E-state index in [9.17, 15) is 18.0 Å². The van der Waals surface area contributed by atoms with Gasteiger partial charge in [-0.05, 0) is 61.0 Å². The lowest BCUT2D eigenvalue weighted by Gasteiger charge is -2.14. The second-order valence-corrected chi connectivity index (χ2v) is 7.70. The Morgan fingerprint density at radius 2 is 1.82 bits per heavy atom. The minimum atomic E-state index is -4.64. The number of nitrogens with zero attached hydrogens (tertiary/aromatic N) is 3. The average molecular weight is 484 g/mol. The van der Waals surface area contributed by atoms with Crippen LogP contribution >= 0.6 is 11.6 Å². The molecule has 0 aliphatic heterocycles. The van der Waals surface area contributed by atoms with Gasteiger partial charge in [0.1, 0.15) is 12.1 Å². The lowest BCUT2D eigenvalue weighted by atomic mass is 10.1. The molecule has 6 nitrogen and oxygen atoms in total. The Hall–Kier alpha value is -3.98. The minimum Gasteiger partial charge on any atom is -0.339 e. The summed E-state index contributed by atoms with van der Waals surface area (Å²) in [5.41, 5.74) is 2.05. The fourth-order valence-corrected chi connectivity index (χ4v) is 3.44. The molecule has 4 rings (SSSR count). The first kappa shape index (κ1) is 23.2. The molecule has 2 aromatic carbocycles. The van der Waals surface area contributed by atoms with Crippen molar-refractivity contribution in [3.8, 4) is 11.3 Å². The van der Waals surface area contributed by atoms with Crippen LogP contribution in [0.1, 0.15) is 21.5 Å². The Kier molecular flexibility index (Phi) is 6.47. The van der Waals surface area contributed by atoms with Crippen LogP contribution in [0.15, 0.2) is 73.3 Å². The van der Waals surface area contributed by atoms with Gasteiger partial charge in [0.05, 0.1) is 16.3 Å². The zero-order chi connectivity index (χ0) is 24.3. The number of amides is 1. The van der Waals surface area contributed by atoms with Gasteiger partial charge in [0, 0.05) is 34.9 Å². The summed E-state index contributed by atoms with van der Waals surface area (Å²) in [4.78, 5) is 25.3. The number of halogens is 4. The van der Waals surface area contributed by atoms with Crippen LogP contribution in [0.2, 0.25) is 5.02 Å². The minimum absolute atomic E-state index is 0.0208. The summed E-state index contributed by atoms with van der Waals surface area (Å²) < 4.78 is 39.4. The van der Waals surface area contributed by atoms with E-state index in [4.69, 9.17) is 11.6 Å². The topological polar surface area (TPSA) is 79.8 Å². The highest BCUT2D eigenvalue weighted by Gasteiger charge is 2.33. The van der Waals surface area contributed by atoms with Crippen molar-refractivity contribution in [2.45, 2.75) is 13.1 Å². The Balaban J connectivity index is 1.60.